The zero-order valence-corrected chi connectivity index (χ0v) is 12.6. The Labute approximate surface area is 121 Å². The molecule has 4 heteroatoms. The van der Waals surface area contributed by atoms with Crippen LogP contribution in [0.1, 0.15) is 32.3 Å². The van der Waals surface area contributed by atoms with Crippen LogP contribution < -0.4 is 10.5 Å². The number of nitrogens with two attached hydrogens (primary N) is 1. The summed E-state index contributed by atoms with van der Waals surface area (Å²) in [6, 6.07) is 7.48. The predicted molar refractivity (Wildman–Crippen MR) is 79.4 cm³/mol. The average Bonchev–Trinajstić information content (AvgIpc) is 2.44. The number of rotatable bonds is 8. The minimum absolute atomic E-state index is 0.183. The number of benzene rings is 1. The predicted octanol–water partition coefficient (Wildman–Crippen LogP) is 2.75. The third-order valence-corrected chi connectivity index (χ3v) is 3.15. The molecular weight excluding hydrogens is 254 g/mol. The molecule has 1 aromatic rings. The van der Waals surface area contributed by atoms with Gasteiger partial charge < -0.3 is 15.2 Å². The van der Waals surface area contributed by atoms with Crippen molar-refractivity contribution >= 4 is 5.97 Å². The number of esters is 1. The van der Waals surface area contributed by atoms with Crippen LogP contribution in [0.5, 0.6) is 5.75 Å². The first-order valence-corrected chi connectivity index (χ1v) is 7.03. The van der Waals surface area contributed by atoms with Gasteiger partial charge in [0.2, 0.25) is 0 Å². The highest BCUT2D eigenvalue weighted by Gasteiger charge is 2.15. The molecule has 0 radical (unpaired) electrons. The van der Waals surface area contributed by atoms with Crippen molar-refractivity contribution < 1.29 is 14.3 Å². The van der Waals surface area contributed by atoms with E-state index in [2.05, 4.69) is 13.8 Å². The van der Waals surface area contributed by atoms with Gasteiger partial charge in [0.15, 0.2) is 0 Å². The Morgan fingerprint density at radius 3 is 2.40 bits per heavy atom. The van der Waals surface area contributed by atoms with Crippen LogP contribution in [0.25, 0.3) is 0 Å². The van der Waals surface area contributed by atoms with Gasteiger partial charge in [0.05, 0.1) is 7.11 Å². The Bertz CT molecular complexity index is 401. The molecule has 1 aromatic carbocycles. The fourth-order valence-corrected chi connectivity index (χ4v) is 2.11. The molecule has 112 valence electrons. The summed E-state index contributed by atoms with van der Waals surface area (Å²) in [5.41, 5.74) is 6.64. The molecule has 4 nitrogen and oxygen atoms in total. The van der Waals surface area contributed by atoms with Gasteiger partial charge in [-0.2, -0.15) is 0 Å². The van der Waals surface area contributed by atoms with Crippen LogP contribution in [0.15, 0.2) is 24.3 Å². The zero-order chi connectivity index (χ0) is 15.0. The zero-order valence-electron chi connectivity index (χ0n) is 12.6. The maximum Gasteiger partial charge on any atom is 0.306 e. The van der Waals surface area contributed by atoms with Gasteiger partial charge in [-0.1, -0.05) is 26.0 Å². The summed E-state index contributed by atoms with van der Waals surface area (Å²) in [4.78, 5) is 11.8. The van der Waals surface area contributed by atoms with E-state index in [0.29, 0.717) is 25.5 Å². The normalized spacial score (nSPS) is 12.2. The third kappa shape index (κ3) is 6.06. The van der Waals surface area contributed by atoms with E-state index in [1.54, 1.807) is 7.11 Å². The van der Waals surface area contributed by atoms with Crippen LogP contribution in [-0.2, 0) is 16.1 Å². The SMILES string of the molecule is COc1ccc(COC(=O)CC(CN)CC(C)C)cc1. The first-order valence-electron chi connectivity index (χ1n) is 7.03. The second kappa shape index (κ2) is 8.59. The average molecular weight is 279 g/mol. The molecule has 0 heterocycles. The van der Waals surface area contributed by atoms with Crippen molar-refractivity contribution in [1.82, 2.24) is 0 Å². The maximum atomic E-state index is 11.8. The van der Waals surface area contributed by atoms with Crippen LogP contribution in [0.4, 0.5) is 0 Å². The summed E-state index contributed by atoms with van der Waals surface area (Å²) in [7, 11) is 1.62. The Morgan fingerprint density at radius 1 is 1.25 bits per heavy atom. The fourth-order valence-electron chi connectivity index (χ4n) is 2.11. The van der Waals surface area contributed by atoms with Crippen LogP contribution in [0.3, 0.4) is 0 Å². The van der Waals surface area contributed by atoms with Gasteiger partial charge in [-0.25, -0.2) is 0 Å². The quantitative estimate of drug-likeness (QED) is 0.743. The second-order valence-corrected chi connectivity index (χ2v) is 5.44. The highest BCUT2D eigenvalue weighted by Crippen LogP contribution is 2.16. The first-order chi connectivity index (χ1) is 9.55. The topological polar surface area (TPSA) is 61.5 Å². The molecule has 2 N–H and O–H groups in total. The lowest BCUT2D eigenvalue weighted by molar-refractivity contribution is -0.146. The molecule has 0 fully saturated rings. The Morgan fingerprint density at radius 2 is 1.90 bits per heavy atom. The van der Waals surface area contributed by atoms with Gasteiger partial charge in [0, 0.05) is 6.42 Å². The molecule has 0 aromatic heterocycles. The molecule has 0 saturated heterocycles. The van der Waals surface area contributed by atoms with Crippen molar-refractivity contribution in [1.29, 1.82) is 0 Å². The standard InChI is InChI=1S/C16H25NO3/c1-12(2)8-14(10-17)9-16(18)20-11-13-4-6-15(19-3)7-5-13/h4-7,12,14H,8-11,17H2,1-3H3. The molecule has 0 aliphatic heterocycles. The van der Waals surface area contributed by atoms with Crippen molar-refractivity contribution in [2.24, 2.45) is 17.6 Å². The largest absolute Gasteiger partial charge is 0.497 e. The van der Waals surface area contributed by atoms with Crippen molar-refractivity contribution in [3.8, 4) is 5.75 Å². The lowest BCUT2D eigenvalue weighted by Crippen LogP contribution is -2.21. The highest BCUT2D eigenvalue weighted by molar-refractivity contribution is 5.69. The lowest BCUT2D eigenvalue weighted by Gasteiger charge is -2.16. The van der Waals surface area contributed by atoms with E-state index >= 15 is 0 Å². The lowest BCUT2D eigenvalue weighted by atomic mass is 9.94. The highest BCUT2D eigenvalue weighted by atomic mass is 16.5. The smallest absolute Gasteiger partial charge is 0.306 e. The molecule has 0 bridgehead atoms. The van der Waals surface area contributed by atoms with Crippen molar-refractivity contribution in [2.75, 3.05) is 13.7 Å². The summed E-state index contributed by atoms with van der Waals surface area (Å²) in [6.45, 7) is 5.08. The van der Waals surface area contributed by atoms with E-state index in [-0.39, 0.29) is 11.9 Å². The van der Waals surface area contributed by atoms with E-state index in [0.717, 1.165) is 17.7 Å². The van der Waals surface area contributed by atoms with Crippen LogP contribution >= 0.6 is 0 Å². The van der Waals surface area contributed by atoms with Gasteiger partial charge >= 0.3 is 5.97 Å². The molecule has 0 aliphatic carbocycles. The molecule has 0 spiro atoms. The number of carbonyl (C=O) groups excluding carboxylic acids is 1. The van der Waals surface area contributed by atoms with Crippen molar-refractivity contribution in [2.45, 2.75) is 33.3 Å². The fraction of sp³-hybridized carbons (Fsp3) is 0.562. The maximum absolute atomic E-state index is 11.8. The van der Waals surface area contributed by atoms with Gasteiger partial charge in [0.25, 0.3) is 0 Å². The summed E-state index contributed by atoms with van der Waals surface area (Å²) >= 11 is 0. The summed E-state index contributed by atoms with van der Waals surface area (Å²) in [5.74, 6) is 1.36. The first kappa shape index (κ1) is 16.5. The van der Waals surface area contributed by atoms with E-state index in [1.807, 2.05) is 24.3 Å². The van der Waals surface area contributed by atoms with E-state index in [1.165, 1.54) is 0 Å². The van der Waals surface area contributed by atoms with Gasteiger partial charge in [0.1, 0.15) is 12.4 Å². The number of hydrogen-bond acceptors (Lipinski definition) is 4. The molecule has 20 heavy (non-hydrogen) atoms. The summed E-state index contributed by atoms with van der Waals surface area (Å²) in [5, 5.41) is 0. The van der Waals surface area contributed by atoms with E-state index < -0.39 is 0 Å². The molecule has 1 rings (SSSR count). The molecule has 0 amide bonds. The number of methoxy groups -OCH3 is 1. The number of carbonyl (C=O) groups is 1. The minimum Gasteiger partial charge on any atom is -0.497 e. The monoisotopic (exact) mass is 279 g/mol. The van der Waals surface area contributed by atoms with Gasteiger partial charge in [-0.05, 0) is 42.5 Å². The Kier molecular flexibility index (Phi) is 7.09. The van der Waals surface area contributed by atoms with Crippen LogP contribution in [-0.4, -0.2) is 19.6 Å². The Balaban J connectivity index is 2.37. The van der Waals surface area contributed by atoms with Crippen molar-refractivity contribution in [3.05, 3.63) is 29.8 Å². The van der Waals surface area contributed by atoms with E-state index in [9.17, 15) is 4.79 Å². The second-order valence-electron chi connectivity index (χ2n) is 5.44. The third-order valence-electron chi connectivity index (χ3n) is 3.15. The van der Waals surface area contributed by atoms with Crippen LogP contribution in [0, 0.1) is 11.8 Å². The molecule has 0 saturated carbocycles. The number of ether oxygens (including phenoxy) is 2. The van der Waals surface area contributed by atoms with E-state index in [4.69, 9.17) is 15.2 Å². The van der Waals surface area contributed by atoms with Gasteiger partial charge in [-0.3, -0.25) is 4.79 Å². The molecule has 1 unspecified atom stereocenters. The Hall–Kier alpha value is -1.55. The molecule has 0 aliphatic rings. The summed E-state index contributed by atoms with van der Waals surface area (Å²) < 4.78 is 10.4. The van der Waals surface area contributed by atoms with Crippen molar-refractivity contribution in [3.63, 3.8) is 0 Å². The molecular formula is C16H25NO3. The minimum atomic E-state index is -0.183. The van der Waals surface area contributed by atoms with Gasteiger partial charge in [-0.15, -0.1) is 0 Å². The number of hydrogen-bond donors (Lipinski definition) is 1. The van der Waals surface area contributed by atoms with Crippen LogP contribution in [0.2, 0.25) is 0 Å². The molecule has 1 atom stereocenters. The summed E-state index contributed by atoms with van der Waals surface area (Å²) in [6.07, 6.45) is 1.35.